The van der Waals surface area contributed by atoms with E-state index in [0.29, 0.717) is 0 Å². The van der Waals surface area contributed by atoms with E-state index in [1.54, 1.807) is 0 Å². The van der Waals surface area contributed by atoms with Crippen LogP contribution in [0.2, 0.25) is 0 Å². The van der Waals surface area contributed by atoms with Gasteiger partial charge in [0.05, 0.1) is 6.61 Å². The fourth-order valence-corrected chi connectivity index (χ4v) is 0.823. The van der Waals surface area contributed by atoms with Crippen molar-refractivity contribution < 1.29 is 30.0 Å². The Balaban J connectivity index is 2.80. The van der Waals surface area contributed by atoms with Crippen LogP contribution in [-0.4, -0.2) is 45.2 Å². The van der Waals surface area contributed by atoms with Gasteiger partial charge in [-0.1, -0.05) is 0 Å². The molecule has 6 nitrogen and oxygen atoms in total. The lowest BCUT2D eigenvalue weighted by atomic mass is 10.1. The van der Waals surface area contributed by atoms with Gasteiger partial charge >= 0.3 is 5.97 Å². The molecule has 0 radical (unpaired) electrons. The average molecular weight is 175 g/mol. The lowest BCUT2D eigenvalue weighted by molar-refractivity contribution is -0.147. The van der Waals surface area contributed by atoms with Gasteiger partial charge in [0.2, 0.25) is 5.76 Å². The van der Waals surface area contributed by atoms with Crippen LogP contribution in [0.4, 0.5) is 0 Å². The molecule has 0 saturated heterocycles. The average Bonchev–Trinajstić information content (AvgIpc) is 2.32. The topological polar surface area (TPSA) is 107 Å². The van der Waals surface area contributed by atoms with Crippen molar-refractivity contribution in [3.8, 4) is 0 Å². The fourth-order valence-electron chi connectivity index (χ4n) is 0.823. The number of rotatable bonds is 2. The predicted molar refractivity (Wildman–Crippen MR) is 35.3 cm³/mol. The van der Waals surface area contributed by atoms with Crippen molar-refractivity contribution >= 4 is 5.97 Å². The first kappa shape index (κ1) is 8.82. The van der Waals surface area contributed by atoms with Crippen molar-refractivity contribution in [2.24, 2.45) is 0 Å². The molecule has 0 fully saturated rings. The van der Waals surface area contributed by atoms with E-state index in [-0.39, 0.29) is 0 Å². The van der Waals surface area contributed by atoms with Gasteiger partial charge in [0.15, 0.2) is 11.9 Å². The van der Waals surface area contributed by atoms with Crippen LogP contribution in [0.3, 0.4) is 0 Å². The van der Waals surface area contributed by atoms with E-state index >= 15 is 0 Å². The molecule has 0 aromatic carbocycles. The van der Waals surface area contributed by atoms with E-state index < -0.39 is 36.3 Å². The quantitative estimate of drug-likeness (QED) is 0.384. The normalized spacial score (nSPS) is 25.8. The molecule has 1 aliphatic rings. The van der Waals surface area contributed by atoms with Gasteiger partial charge in [0.25, 0.3) is 0 Å². The third-order valence-corrected chi connectivity index (χ3v) is 1.48. The maximum absolute atomic E-state index is 10.5. The molecule has 4 N–H and O–H groups in total. The zero-order chi connectivity index (χ0) is 9.30. The van der Waals surface area contributed by atoms with Gasteiger partial charge in [0.1, 0.15) is 6.10 Å². The number of hydrogen-bond donors (Lipinski definition) is 4. The number of aliphatic hydroxyl groups is 4. The summed E-state index contributed by atoms with van der Waals surface area (Å²) in [4.78, 5) is 10.5. The Morgan fingerprint density at radius 2 is 2.08 bits per heavy atom. The van der Waals surface area contributed by atoms with E-state index in [9.17, 15) is 4.79 Å². The zero-order valence-corrected chi connectivity index (χ0v) is 5.97. The van der Waals surface area contributed by atoms with Crippen molar-refractivity contribution in [1.29, 1.82) is 0 Å². The van der Waals surface area contributed by atoms with E-state index in [1.807, 2.05) is 0 Å². The largest absolute Gasteiger partial charge is 0.505 e. The van der Waals surface area contributed by atoms with E-state index in [2.05, 4.69) is 4.74 Å². The van der Waals surface area contributed by atoms with Gasteiger partial charge in [0, 0.05) is 0 Å². The summed E-state index contributed by atoms with van der Waals surface area (Å²) in [6, 6.07) is 0. The van der Waals surface area contributed by atoms with Gasteiger partial charge in [-0.3, -0.25) is 0 Å². The molecule has 0 aliphatic carbocycles. The minimum atomic E-state index is -1.42. The van der Waals surface area contributed by atoms with Crippen LogP contribution < -0.4 is 0 Å². The third-order valence-electron chi connectivity index (χ3n) is 1.48. The van der Waals surface area contributed by atoms with Crippen molar-refractivity contribution in [2.45, 2.75) is 12.2 Å². The van der Waals surface area contributed by atoms with E-state index in [0.717, 1.165) is 0 Å². The molecular formula is C6H8O6. The van der Waals surface area contributed by atoms with Gasteiger partial charge < -0.3 is 25.2 Å². The summed E-state index contributed by atoms with van der Waals surface area (Å²) < 4.78 is 4.32. The highest BCUT2D eigenvalue weighted by Crippen LogP contribution is 2.20. The minimum absolute atomic E-state index is 0.671. The number of hydrogen-bond acceptors (Lipinski definition) is 6. The second-order valence-corrected chi connectivity index (χ2v) is 2.31. The Morgan fingerprint density at radius 1 is 1.50 bits per heavy atom. The summed E-state index contributed by atoms with van der Waals surface area (Å²) in [6.45, 7) is -0.671. The smallest absolute Gasteiger partial charge is 0.377 e. The molecule has 6 heteroatoms. The Morgan fingerprint density at radius 3 is 2.42 bits per heavy atom. The fraction of sp³-hybridized carbons (Fsp3) is 0.500. The Bertz CT molecular complexity index is 232. The number of ether oxygens (including phenoxy) is 1. The molecule has 0 spiro atoms. The summed E-state index contributed by atoms with van der Waals surface area (Å²) >= 11 is 0. The molecule has 1 rings (SSSR count). The van der Waals surface area contributed by atoms with Crippen LogP contribution in [0.15, 0.2) is 11.5 Å². The molecule has 0 aromatic rings. The van der Waals surface area contributed by atoms with Gasteiger partial charge in [-0.2, -0.15) is 0 Å². The van der Waals surface area contributed by atoms with Crippen molar-refractivity contribution in [1.82, 2.24) is 0 Å². The van der Waals surface area contributed by atoms with Crippen LogP contribution in [0.25, 0.3) is 0 Å². The SMILES string of the molecule is O=[11C]1O[C@H]([C@@H](O)CO)C(O)=C1O. The van der Waals surface area contributed by atoms with Crippen LogP contribution in [0, 0.1) is 0 Å². The lowest BCUT2D eigenvalue weighted by Gasteiger charge is -2.13. The predicted octanol–water partition coefficient (Wildman–Crippen LogP) is -1.41. The summed E-state index contributed by atoms with van der Waals surface area (Å²) in [6.07, 6.45) is -2.78. The maximum atomic E-state index is 10.5. The molecule has 0 amide bonds. The first-order chi connectivity index (χ1) is 5.57. The minimum Gasteiger partial charge on any atom is -0.505 e. The summed E-state index contributed by atoms with van der Waals surface area (Å²) in [5.74, 6) is -2.78. The molecular weight excluding hydrogens is 167 g/mol. The van der Waals surface area contributed by atoms with Crippen LogP contribution in [0.5, 0.6) is 0 Å². The number of esters is 1. The second kappa shape index (κ2) is 3.00. The molecule has 68 valence electrons. The molecule has 1 heterocycles. The summed E-state index contributed by atoms with van der Waals surface area (Å²) in [5, 5.41) is 35.0. The first-order valence-electron chi connectivity index (χ1n) is 3.20. The Hall–Kier alpha value is -1.27. The third kappa shape index (κ3) is 1.21. The lowest BCUT2D eigenvalue weighted by Crippen LogP contribution is -2.31. The Kier molecular flexibility index (Phi) is 2.20. The monoisotopic (exact) mass is 175 g/mol. The molecule has 0 aromatic heterocycles. The molecule has 12 heavy (non-hydrogen) atoms. The summed E-state index contributed by atoms with van der Waals surface area (Å²) in [7, 11) is 0. The molecule has 1 aliphatic heterocycles. The van der Waals surface area contributed by atoms with E-state index in [1.165, 1.54) is 0 Å². The standard InChI is InChI=1S/C6H8O6/c7-1-2(8)5-3(9)4(10)6(11)12-5/h2,5,7-10H,1H2/t2-,5+/m0/s1/i6-1. The zero-order valence-electron chi connectivity index (χ0n) is 5.97. The van der Waals surface area contributed by atoms with Gasteiger partial charge in [-0.05, 0) is 0 Å². The molecule has 0 bridgehead atoms. The van der Waals surface area contributed by atoms with Gasteiger partial charge in [-0.25, -0.2) is 4.79 Å². The highest BCUT2D eigenvalue weighted by Gasteiger charge is 2.38. The van der Waals surface area contributed by atoms with Crippen LogP contribution >= 0.6 is 0 Å². The van der Waals surface area contributed by atoms with Crippen molar-refractivity contribution in [2.75, 3.05) is 6.61 Å². The highest BCUT2D eigenvalue weighted by atomic mass is 16.5. The Labute approximate surface area is 67.3 Å². The molecule has 0 saturated carbocycles. The second-order valence-electron chi connectivity index (χ2n) is 2.31. The van der Waals surface area contributed by atoms with E-state index in [4.69, 9.17) is 20.4 Å². The van der Waals surface area contributed by atoms with Crippen LogP contribution in [0.1, 0.15) is 0 Å². The van der Waals surface area contributed by atoms with Gasteiger partial charge in [-0.15, -0.1) is 0 Å². The van der Waals surface area contributed by atoms with Crippen molar-refractivity contribution in [3.63, 3.8) is 0 Å². The van der Waals surface area contributed by atoms with Crippen LogP contribution in [-0.2, 0) is 9.53 Å². The van der Waals surface area contributed by atoms with Crippen molar-refractivity contribution in [3.05, 3.63) is 11.5 Å². The number of cyclic esters (lactones) is 1. The number of carbonyl (C=O) groups excluding carboxylic acids is 1. The molecule has 0 unspecified atom stereocenters. The summed E-state index contributed by atoms with van der Waals surface area (Å²) in [5.41, 5.74) is 0. The first-order valence-corrected chi connectivity index (χ1v) is 3.20. The number of carbonyl (C=O) groups is 1. The highest BCUT2D eigenvalue weighted by molar-refractivity contribution is 5.89. The molecule has 2 atom stereocenters. The number of aliphatic hydroxyl groups excluding tert-OH is 4. The maximum Gasteiger partial charge on any atom is 0.377 e.